The minimum Gasteiger partial charge on any atom is -0.389 e. The summed E-state index contributed by atoms with van der Waals surface area (Å²) in [6.45, 7) is 2.61. The summed E-state index contributed by atoms with van der Waals surface area (Å²) >= 11 is 0. The number of amides is 1. The fourth-order valence-electron chi connectivity index (χ4n) is 3.20. The average molecular weight is 405 g/mol. The normalized spacial score (nSPS) is 12.0. The second-order valence-corrected chi connectivity index (χ2v) is 7.56. The highest BCUT2D eigenvalue weighted by Crippen LogP contribution is 2.23. The molecule has 2 aromatic carbocycles. The summed E-state index contributed by atoms with van der Waals surface area (Å²) in [7, 11) is 4.07. The third kappa shape index (κ3) is 5.72. The zero-order valence-electron chi connectivity index (χ0n) is 17.7. The van der Waals surface area contributed by atoms with Gasteiger partial charge >= 0.3 is 0 Å². The topological polar surface area (TPSA) is 78.4 Å². The number of hydrogen-bond acceptors (Lipinski definition) is 5. The van der Waals surface area contributed by atoms with Gasteiger partial charge in [-0.1, -0.05) is 48.5 Å². The van der Waals surface area contributed by atoms with Crippen LogP contribution < -0.4 is 5.32 Å². The number of nitrogens with zero attached hydrogens (tertiary/aromatic N) is 3. The lowest BCUT2D eigenvalue weighted by Crippen LogP contribution is -2.17. The number of aryl methyl sites for hydroxylation is 1. The zero-order chi connectivity index (χ0) is 21.5. The molecule has 3 rings (SSSR count). The predicted octanol–water partition coefficient (Wildman–Crippen LogP) is 3.94. The van der Waals surface area contributed by atoms with E-state index < -0.39 is 6.10 Å². The van der Waals surface area contributed by atoms with E-state index in [2.05, 4.69) is 20.2 Å². The molecule has 3 aromatic rings. The molecule has 1 aromatic heterocycles. The van der Waals surface area contributed by atoms with E-state index in [9.17, 15) is 9.90 Å². The first-order chi connectivity index (χ1) is 14.4. The lowest BCUT2D eigenvalue weighted by Gasteiger charge is -2.14. The van der Waals surface area contributed by atoms with Crippen LogP contribution in [0.1, 0.15) is 41.2 Å². The molecule has 1 unspecified atom stereocenters. The Kier molecular flexibility index (Phi) is 7.27. The van der Waals surface area contributed by atoms with E-state index in [1.807, 2.05) is 56.6 Å². The minimum atomic E-state index is -0.687. The lowest BCUT2D eigenvalue weighted by molar-refractivity contribution is 0.102. The van der Waals surface area contributed by atoms with Crippen molar-refractivity contribution in [1.82, 2.24) is 14.9 Å². The minimum absolute atomic E-state index is 0.309. The standard InChI is InChI=1S/C24H28N4O2/c1-17(29)20-13-7-8-14-21(20)27-24(30)22-16-19(12-9-15-28(2)3)25-23(26-22)18-10-5-4-6-11-18/h4-8,10-11,13-14,16-17,29H,9,12,15H2,1-3H3,(H,27,30). The Morgan fingerprint density at radius 3 is 2.47 bits per heavy atom. The van der Waals surface area contributed by atoms with Crippen LogP contribution in [0.4, 0.5) is 5.69 Å². The highest BCUT2D eigenvalue weighted by molar-refractivity contribution is 6.03. The van der Waals surface area contributed by atoms with E-state index in [-0.39, 0.29) is 5.91 Å². The van der Waals surface area contributed by atoms with E-state index in [0.29, 0.717) is 22.8 Å². The summed E-state index contributed by atoms with van der Waals surface area (Å²) in [5, 5.41) is 12.9. The first kappa shape index (κ1) is 21.6. The van der Waals surface area contributed by atoms with Crippen LogP contribution in [0, 0.1) is 0 Å². The highest BCUT2D eigenvalue weighted by atomic mass is 16.3. The molecule has 0 spiro atoms. The van der Waals surface area contributed by atoms with Crippen molar-refractivity contribution >= 4 is 11.6 Å². The first-order valence-corrected chi connectivity index (χ1v) is 10.1. The molecule has 1 heterocycles. The van der Waals surface area contributed by atoms with E-state index in [0.717, 1.165) is 30.6 Å². The second kappa shape index (κ2) is 10.1. The van der Waals surface area contributed by atoms with Gasteiger partial charge in [0, 0.05) is 22.5 Å². The van der Waals surface area contributed by atoms with Gasteiger partial charge in [-0.05, 0) is 52.5 Å². The van der Waals surface area contributed by atoms with Gasteiger partial charge < -0.3 is 15.3 Å². The monoisotopic (exact) mass is 404 g/mol. The van der Waals surface area contributed by atoms with Crippen molar-refractivity contribution in [3.63, 3.8) is 0 Å². The SMILES string of the molecule is CC(O)c1ccccc1NC(=O)c1cc(CCCN(C)C)nc(-c2ccccc2)n1. The molecule has 0 aliphatic carbocycles. The maximum Gasteiger partial charge on any atom is 0.274 e. The maximum atomic E-state index is 13.0. The summed E-state index contributed by atoms with van der Waals surface area (Å²) in [6.07, 6.45) is 1.00. The van der Waals surface area contributed by atoms with E-state index in [1.54, 1.807) is 25.1 Å². The summed E-state index contributed by atoms with van der Waals surface area (Å²) in [5.41, 5.74) is 3.25. The Morgan fingerprint density at radius 2 is 1.77 bits per heavy atom. The number of para-hydroxylation sites is 1. The Balaban J connectivity index is 1.91. The molecule has 0 saturated carbocycles. The van der Waals surface area contributed by atoms with Gasteiger partial charge in [0.05, 0.1) is 6.10 Å². The number of benzene rings is 2. The Bertz CT molecular complexity index is 988. The summed E-state index contributed by atoms with van der Waals surface area (Å²) in [5.74, 6) is 0.212. The van der Waals surface area contributed by atoms with Crippen LogP contribution >= 0.6 is 0 Å². The Hall–Kier alpha value is -3.09. The Morgan fingerprint density at radius 1 is 1.07 bits per heavy atom. The summed E-state index contributed by atoms with van der Waals surface area (Å²) in [4.78, 5) is 24.3. The molecule has 1 atom stereocenters. The fourth-order valence-corrected chi connectivity index (χ4v) is 3.20. The van der Waals surface area contributed by atoms with Crippen LogP contribution in [0.15, 0.2) is 60.7 Å². The number of aliphatic hydroxyl groups excluding tert-OH is 1. The molecule has 156 valence electrons. The predicted molar refractivity (Wildman–Crippen MR) is 119 cm³/mol. The van der Waals surface area contributed by atoms with E-state index >= 15 is 0 Å². The van der Waals surface area contributed by atoms with Crippen LogP contribution in [-0.2, 0) is 6.42 Å². The van der Waals surface area contributed by atoms with Crippen LogP contribution in [-0.4, -0.2) is 46.5 Å². The molecule has 0 saturated heterocycles. The first-order valence-electron chi connectivity index (χ1n) is 10.1. The average Bonchev–Trinajstić information content (AvgIpc) is 2.74. The molecule has 0 bridgehead atoms. The van der Waals surface area contributed by atoms with Crippen LogP contribution in [0.25, 0.3) is 11.4 Å². The molecule has 0 aliphatic heterocycles. The van der Waals surface area contributed by atoms with E-state index in [1.165, 1.54) is 0 Å². The molecule has 0 radical (unpaired) electrons. The largest absolute Gasteiger partial charge is 0.389 e. The van der Waals surface area contributed by atoms with Crippen molar-refractivity contribution in [2.24, 2.45) is 0 Å². The quantitative estimate of drug-likeness (QED) is 0.594. The van der Waals surface area contributed by atoms with Gasteiger partial charge in [0.1, 0.15) is 5.69 Å². The molecule has 0 fully saturated rings. The molecule has 2 N–H and O–H groups in total. The molecular formula is C24H28N4O2. The molecule has 30 heavy (non-hydrogen) atoms. The third-order valence-electron chi connectivity index (χ3n) is 4.74. The molecule has 1 amide bonds. The van der Waals surface area contributed by atoms with Gasteiger partial charge in [-0.25, -0.2) is 9.97 Å². The van der Waals surface area contributed by atoms with Gasteiger partial charge in [-0.15, -0.1) is 0 Å². The van der Waals surface area contributed by atoms with Crippen molar-refractivity contribution in [2.45, 2.75) is 25.9 Å². The van der Waals surface area contributed by atoms with Gasteiger partial charge in [0.15, 0.2) is 5.82 Å². The number of hydrogen-bond donors (Lipinski definition) is 2. The van der Waals surface area contributed by atoms with Crippen molar-refractivity contribution in [3.05, 3.63) is 77.6 Å². The van der Waals surface area contributed by atoms with Crippen molar-refractivity contribution in [3.8, 4) is 11.4 Å². The van der Waals surface area contributed by atoms with Crippen molar-refractivity contribution in [1.29, 1.82) is 0 Å². The molecule has 6 nitrogen and oxygen atoms in total. The number of nitrogens with one attached hydrogen (secondary N) is 1. The van der Waals surface area contributed by atoms with Crippen LogP contribution in [0.2, 0.25) is 0 Å². The van der Waals surface area contributed by atoms with Gasteiger partial charge in [0.2, 0.25) is 0 Å². The number of carbonyl (C=O) groups excluding carboxylic acids is 1. The summed E-state index contributed by atoms with van der Waals surface area (Å²) in [6, 6.07) is 18.6. The second-order valence-electron chi connectivity index (χ2n) is 7.56. The Labute approximate surface area is 177 Å². The lowest BCUT2D eigenvalue weighted by atomic mass is 10.1. The molecule has 0 aliphatic rings. The van der Waals surface area contributed by atoms with Crippen molar-refractivity contribution < 1.29 is 9.90 Å². The summed E-state index contributed by atoms with van der Waals surface area (Å²) < 4.78 is 0. The van der Waals surface area contributed by atoms with Gasteiger partial charge in [-0.2, -0.15) is 0 Å². The number of aliphatic hydroxyl groups is 1. The van der Waals surface area contributed by atoms with Gasteiger partial charge in [-0.3, -0.25) is 4.79 Å². The third-order valence-corrected chi connectivity index (χ3v) is 4.74. The molecular weight excluding hydrogens is 376 g/mol. The zero-order valence-corrected chi connectivity index (χ0v) is 17.7. The number of aromatic nitrogens is 2. The number of anilines is 1. The highest BCUT2D eigenvalue weighted by Gasteiger charge is 2.16. The van der Waals surface area contributed by atoms with E-state index in [4.69, 9.17) is 0 Å². The maximum absolute atomic E-state index is 13.0. The van der Waals surface area contributed by atoms with Crippen LogP contribution in [0.5, 0.6) is 0 Å². The van der Waals surface area contributed by atoms with Gasteiger partial charge in [0.25, 0.3) is 5.91 Å². The van der Waals surface area contributed by atoms with Crippen LogP contribution in [0.3, 0.4) is 0 Å². The van der Waals surface area contributed by atoms with Crippen molar-refractivity contribution in [2.75, 3.05) is 26.0 Å². The molecule has 6 heteroatoms. The number of rotatable bonds is 8. The smallest absolute Gasteiger partial charge is 0.274 e. The fraction of sp³-hybridized carbons (Fsp3) is 0.292. The number of carbonyl (C=O) groups is 1.